The van der Waals surface area contributed by atoms with Crippen molar-refractivity contribution < 1.29 is 9.90 Å². The van der Waals surface area contributed by atoms with Crippen LogP contribution in [0.15, 0.2) is 36.4 Å². The summed E-state index contributed by atoms with van der Waals surface area (Å²) in [7, 11) is 0. The average Bonchev–Trinajstić information content (AvgIpc) is 2.51. The molecule has 0 spiro atoms. The summed E-state index contributed by atoms with van der Waals surface area (Å²) in [5.74, 6) is 0.756. The van der Waals surface area contributed by atoms with Gasteiger partial charge >= 0.3 is 0 Å². The van der Waals surface area contributed by atoms with Crippen molar-refractivity contribution in [1.29, 1.82) is 0 Å². The van der Waals surface area contributed by atoms with E-state index in [2.05, 4.69) is 12.2 Å². The molecule has 0 aliphatic carbocycles. The standard InChI is InChI=1S/C17H20ClNO2/c1-2-12(9-10-18)11-19-17(21)15-8-7-13-5-3-4-6-14(13)16(15)20/h3-8,12,20H,2,9-11H2,1H3,(H,19,21). The average molecular weight is 306 g/mol. The van der Waals surface area contributed by atoms with Crippen LogP contribution in [0.4, 0.5) is 0 Å². The van der Waals surface area contributed by atoms with Gasteiger partial charge in [0.1, 0.15) is 5.75 Å². The van der Waals surface area contributed by atoms with Gasteiger partial charge in [0, 0.05) is 17.8 Å². The number of phenolic OH excluding ortho intramolecular Hbond substituents is 1. The third-order valence-corrected chi connectivity index (χ3v) is 4.01. The molecule has 0 aliphatic rings. The molecule has 2 N–H and O–H groups in total. The normalized spacial score (nSPS) is 12.3. The number of carbonyl (C=O) groups excluding carboxylic acids is 1. The molecule has 112 valence electrons. The fourth-order valence-corrected chi connectivity index (χ4v) is 2.68. The van der Waals surface area contributed by atoms with E-state index in [1.165, 1.54) is 0 Å². The van der Waals surface area contributed by atoms with Crippen LogP contribution >= 0.6 is 11.6 Å². The third kappa shape index (κ3) is 3.67. The van der Waals surface area contributed by atoms with Gasteiger partial charge in [-0.2, -0.15) is 0 Å². The molecular weight excluding hydrogens is 286 g/mol. The predicted molar refractivity (Wildman–Crippen MR) is 87.1 cm³/mol. The molecule has 2 aromatic rings. The van der Waals surface area contributed by atoms with E-state index in [1.807, 2.05) is 30.3 Å². The van der Waals surface area contributed by atoms with Crippen LogP contribution in [0.1, 0.15) is 30.1 Å². The maximum absolute atomic E-state index is 12.2. The van der Waals surface area contributed by atoms with E-state index in [4.69, 9.17) is 11.6 Å². The lowest BCUT2D eigenvalue weighted by molar-refractivity contribution is 0.0944. The van der Waals surface area contributed by atoms with Crippen LogP contribution in [0.5, 0.6) is 5.75 Å². The van der Waals surface area contributed by atoms with Crippen LogP contribution in [0.2, 0.25) is 0 Å². The second kappa shape index (κ2) is 7.32. The molecule has 0 saturated carbocycles. The Hall–Kier alpha value is -1.74. The zero-order valence-corrected chi connectivity index (χ0v) is 12.9. The highest BCUT2D eigenvalue weighted by Crippen LogP contribution is 2.28. The Morgan fingerprint density at radius 2 is 2.05 bits per heavy atom. The Labute approximate surface area is 129 Å². The number of halogens is 1. The number of benzene rings is 2. The quantitative estimate of drug-likeness (QED) is 0.794. The first-order valence-electron chi connectivity index (χ1n) is 7.22. The maximum atomic E-state index is 12.2. The van der Waals surface area contributed by atoms with Crippen molar-refractivity contribution in [2.75, 3.05) is 12.4 Å². The van der Waals surface area contributed by atoms with E-state index >= 15 is 0 Å². The molecule has 2 aromatic carbocycles. The minimum Gasteiger partial charge on any atom is -0.506 e. The summed E-state index contributed by atoms with van der Waals surface area (Å²) in [6.45, 7) is 2.66. The summed E-state index contributed by atoms with van der Waals surface area (Å²) in [6.07, 6.45) is 1.85. The van der Waals surface area contributed by atoms with Crippen molar-refractivity contribution in [2.24, 2.45) is 5.92 Å². The number of carbonyl (C=O) groups is 1. The summed E-state index contributed by atoms with van der Waals surface area (Å²) >= 11 is 5.75. The Morgan fingerprint density at radius 1 is 1.29 bits per heavy atom. The summed E-state index contributed by atoms with van der Waals surface area (Å²) in [5, 5.41) is 14.8. The lowest BCUT2D eigenvalue weighted by Gasteiger charge is -2.15. The molecule has 1 unspecified atom stereocenters. The maximum Gasteiger partial charge on any atom is 0.255 e. The monoisotopic (exact) mass is 305 g/mol. The third-order valence-electron chi connectivity index (χ3n) is 3.79. The molecule has 0 aliphatic heterocycles. The van der Waals surface area contributed by atoms with Crippen LogP contribution in [0, 0.1) is 5.92 Å². The van der Waals surface area contributed by atoms with E-state index in [-0.39, 0.29) is 11.7 Å². The highest BCUT2D eigenvalue weighted by atomic mass is 35.5. The number of aromatic hydroxyl groups is 1. The molecule has 3 nitrogen and oxygen atoms in total. The topological polar surface area (TPSA) is 49.3 Å². The van der Waals surface area contributed by atoms with Gasteiger partial charge in [-0.1, -0.05) is 43.7 Å². The van der Waals surface area contributed by atoms with Crippen LogP contribution in [0.25, 0.3) is 10.8 Å². The predicted octanol–water partition coefficient (Wildman–Crippen LogP) is 3.93. The van der Waals surface area contributed by atoms with Crippen molar-refractivity contribution >= 4 is 28.3 Å². The molecule has 0 heterocycles. The van der Waals surface area contributed by atoms with Gasteiger partial charge in [-0.05, 0) is 23.8 Å². The van der Waals surface area contributed by atoms with Crippen molar-refractivity contribution in [1.82, 2.24) is 5.32 Å². The van der Waals surface area contributed by atoms with Crippen LogP contribution in [-0.4, -0.2) is 23.4 Å². The van der Waals surface area contributed by atoms with E-state index in [9.17, 15) is 9.90 Å². The molecule has 2 rings (SSSR count). The van der Waals surface area contributed by atoms with E-state index in [0.29, 0.717) is 29.3 Å². The number of alkyl halides is 1. The fourth-order valence-electron chi connectivity index (χ4n) is 2.38. The second-order valence-corrected chi connectivity index (χ2v) is 5.52. The zero-order valence-electron chi connectivity index (χ0n) is 12.1. The van der Waals surface area contributed by atoms with Gasteiger partial charge in [0.15, 0.2) is 0 Å². The fraction of sp³-hybridized carbons (Fsp3) is 0.353. The summed E-state index contributed by atoms with van der Waals surface area (Å²) in [4.78, 5) is 12.2. The van der Waals surface area contributed by atoms with Gasteiger partial charge < -0.3 is 10.4 Å². The first kappa shape index (κ1) is 15.6. The molecule has 0 fully saturated rings. The molecule has 0 saturated heterocycles. The van der Waals surface area contributed by atoms with Crippen molar-refractivity contribution in [3.8, 4) is 5.75 Å². The van der Waals surface area contributed by atoms with Gasteiger partial charge in [-0.15, -0.1) is 11.6 Å². The van der Waals surface area contributed by atoms with Crippen LogP contribution in [0.3, 0.4) is 0 Å². The van der Waals surface area contributed by atoms with Gasteiger partial charge in [0.2, 0.25) is 0 Å². The molecular formula is C17H20ClNO2. The Balaban J connectivity index is 2.14. The van der Waals surface area contributed by atoms with Gasteiger partial charge in [0.25, 0.3) is 5.91 Å². The first-order chi connectivity index (χ1) is 10.2. The largest absolute Gasteiger partial charge is 0.506 e. The molecule has 0 aromatic heterocycles. The Bertz CT molecular complexity index is 627. The molecule has 1 atom stereocenters. The Morgan fingerprint density at radius 3 is 2.76 bits per heavy atom. The van der Waals surface area contributed by atoms with Gasteiger partial charge in [-0.3, -0.25) is 4.79 Å². The van der Waals surface area contributed by atoms with Crippen molar-refractivity contribution in [3.05, 3.63) is 42.0 Å². The molecule has 0 radical (unpaired) electrons. The number of rotatable bonds is 6. The lowest BCUT2D eigenvalue weighted by Crippen LogP contribution is -2.29. The summed E-state index contributed by atoms with van der Waals surface area (Å²) in [5.41, 5.74) is 0.314. The number of fused-ring (bicyclic) bond motifs is 1. The number of phenols is 1. The number of hydrogen-bond acceptors (Lipinski definition) is 2. The van der Waals surface area contributed by atoms with Gasteiger partial charge in [-0.25, -0.2) is 0 Å². The molecule has 21 heavy (non-hydrogen) atoms. The smallest absolute Gasteiger partial charge is 0.255 e. The minimum absolute atomic E-state index is 0.0380. The van der Waals surface area contributed by atoms with E-state index < -0.39 is 0 Å². The minimum atomic E-state index is -0.244. The summed E-state index contributed by atoms with van der Waals surface area (Å²) < 4.78 is 0. The number of amides is 1. The molecule has 1 amide bonds. The SMILES string of the molecule is CCC(CCCl)CNC(=O)c1ccc2ccccc2c1O. The van der Waals surface area contributed by atoms with E-state index in [1.54, 1.807) is 6.07 Å². The second-order valence-electron chi connectivity index (χ2n) is 5.14. The lowest BCUT2D eigenvalue weighted by atomic mass is 10.0. The van der Waals surface area contributed by atoms with Crippen LogP contribution < -0.4 is 5.32 Å². The Kier molecular flexibility index (Phi) is 5.45. The van der Waals surface area contributed by atoms with Gasteiger partial charge in [0.05, 0.1) is 5.56 Å². The highest BCUT2D eigenvalue weighted by Gasteiger charge is 2.15. The van der Waals surface area contributed by atoms with E-state index in [0.717, 1.165) is 18.2 Å². The van der Waals surface area contributed by atoms with Crippen LogP contribution in [-0.2, 0) is 0 Å². The van der Waals surface area contributed by atoms with Crippen molar-refractivity contribution in [2.45, 2.75) is 19.8 Å². The number of hydrogen-bond donors (Lipinski definition) is 2. The summed E-state index contributed by atoms with van der Waals surface area (Å²) in [6, 6.07) is 11.0. The number of nitrogens with one attached hydrogen (secondary N) is 1. The first-order valence-corrected chi connectivity index (χ1v) is 7.75. The molecule has 0 bridgehead atoms. The highest BCUT2D eigenvalue weighted by molar-refractivity contribution is 6.17. The molecule has 4 heteroatoms. The van der Waals surface area contributed by atoms with Crippen molar-refractivity contribution in [3.63, 3.8) is 0 Å². The zero-order chi connectivity index (χ0) is 15.2.